The summed E-state index contributed by atoms with van der Waals surface area (Å²) in [4.78, 5) is 16.1. The van der Waals surface area contributed by atoms with Gasteiger partial charge in [-0.2, -0.15) is 0 Å². The van der Waals surface area contributed by atoms with Gasteiger partial charge in [0.2, 0.25) is 5.91 Å². The van der Waals surface area contributed by atoms with E-state index in [9.17, 15) is 4.79 Å². The van der Waals surface area contributed by atoms with Gasteiger partial charge in [0.15, 0.2) is 5.96 Å². The number of carbonyl (C=O) groups excluding carboxylic acids is 1. The fraction of sp³-hybridized carbons (Fsp3) is 0.529. The van der Waals surface area contributed by atoms with Crippen LogP contribution in [0.4, 0.5) is 0 Å². The lowest BCUT2D eigenvalue weighted by atomic mass is 10.1. The number of carbonyl (C=O) groups is 1. The second kappa shape index (κ2) is 9.71. The van der Waals surface area contributed by atoms with E-state index >= 15 is 0 Å². The van der Waals surface area contributed by atoms with E-state index in [1.807, 2.05) is 58.0 Å². The highest BCUT2D eigenvalue weighted by Gasteiger charge is 2.13. The van der Waals surface area contributed by atoms with Crippen LogP contribution < -0.4 is 20.7 Å². The molecule has 0 unspecified atom stereocenters. The van der Waals surface area contributed by atoms with Crippen LogP contribution >= 0.6 is 0 Å². The Morgan fingerprint density at radius 1 is 1.17 bits per heavy atom. The van der Waals surface area contributed by atoms with E-state index in [0.29, 0.717) is 19.1 Å². The summed E-state index contributed by atoms with van der Waals surface area (Å²) in [5.41, 5.74) is -0.248. The zero-order valence-corrected chi connectivity index (χ0v) is 14.5. The summed E-state index contributed by atoms with van der Waals surface area (Å²) in [5, 5.41) is 9.12. The number of guanidine groups is 1. The molecule has 0 saturated carbocycles. The third-order valence-electron chi connectivity index (χ3n) is 2.65. The summed E-state index contributed by atoms with van der Waals surface area (Å²) in [6, 6.07) is 9.64. The zero-order chi connectivity index (χ0) is 17.1. The minimum atomic E-state index is -0.248. The molecule has 0 aliphatic heterocycles. The molecule has 23 heavy (non-hydrogen) atoms. The number of hydrogen-bond donors (Lipinski definition) is 3. The Kier molecular flexibility index (Phi) is 7.94. The average Bonchev–Trinajstić information content (AvgIpc) is 2.48. The van der Waals surface area contributed by atoms with Crippen molar-refractivity contribution in [1.82, 2.24) is 16.0 Å². The number of rotatable bonds is 7. The first-order valence-electron chi connectivity index (χ1n) is 7.92. The van der Waals surface area contributed by atoms with Crippen molar-refractivity contribution >= 4 is 11.9 Å². The Balaban J connectivity index is 2.36. The van der Waals surface area contributed by atoms with Gasteiger partial charge in [0.25, 0.3) is 0 Å². The summed E-state index contributed by atoms with van der Waals surface area (Å²) in [7, 11) is 0. The number of nitrogens with one attached hydrogen (secondary N) is 3. The maximum atomic E-state index is 11.8. The lowest BCUT2D eigenvalue weighted by Gasteiger charge is -2.20. The molecule has 0 bridgehead atoms. The van der Waals surface area contributed by atoms with E-state index in [2.05, 4.69) is 20.9 Å². The topological polar surface area (TPSA) is 74.8 Å². The van der Waals surface area contributed by atoms with Gasteiger partial charge in [0.1, 0.15) is 18.9 Å². The van der Waals surface area contributed by atoms with Crippen LogP contribution in [0.1, 0.15) is 27.7 Å². The number of amides is 1. The van der Waals surface area contributed by atoms with Crippen LogP contribution in [-0.2, 0) is 4.79 Å². The lowest BCUT2D eigenvalue weighted by molar-refractivity contribution is -0.121. The second-order valence-electron chi connectivity index (χ2n) is 6.08. The molecule has 0 saturated heterocycles. The van der Waals surface area contributed by atoms with Crippen molar-refractivity contribution in [3.8, 4) is 5.75 Å². The Morgan fingerprint density at radius 2 is 1.87 bits per heavy atom. The van der Waals surface area contributed by atoms with Crippen LogP contribution in [0.2, 0.25) is 0 Å². The summed E-state index contributed by atoms with van der Waals surface area (Å²) in [6.07, 6.45) is 0. The van der Waals surface area contributed by atoms with E-state index in [-0.39, 0.29) is 18.0 Å². The Bertz CT molecular complexity index is 495. The maximum Gasteiger partial charge on any atom is 0.242 e. The summed E-state index contributed by atoms with van der Waals surface area (Å²) >= 11 is 0. The van der Waals surface area contributed by atoms with Gasteiger partial charge in [0.05, 0.1) is 6.54 Å². The molecule has 0 spiro atoms. The molecule has 0 aromatic heterocycles. The molecule has 6 heteroatoms. The fourth-order valence-electron chi connectivity index (χ4n) is 1.81. The van der Waals surface area contributed by atoms with Crippen molar-refractivity contribution in [2.75, 3.05) is 26.2 Å². The zero-order valence-electron chi connectivity index (χ0n) is 14.5. The molecule has 0 radical (unpaired) electrons. The van der Waals surface area contributed by atoms with Crippen molar-refractivity contribution in [3.63, 3.8) is 0 Å². The van der Waals surface area contributed by atoms with Gasteiger partial charge in [-0.15, -0.1) is 0 Å². The molecular weight excluding hydrogens is 292 g/mol. The predicted octanol–water partition coefficient (Wildman–Crippen LogP) is 1.54. The first-order chi connectivity index (χ1) is 10.9. The first-order valence-corrected chi connectivity index (χ1v) is 7.92. The average molecular weight is 320 g/mol. The SMILES string of the molecule is CCNC(=NCC(=O)NC(C)(C)C)NCCOc1ccccc1. The molecule has 1 aromatic rings. The van der Waals surface area contributed by atoms with Crippen molar-refractivity contribution in [1.29, 1.82) is 0 Å². The highest BCUT2D eigenvalue weighted by Crippen LogP contribution is 2.07. The van der Waals surface area contributed by atoms with Gasteiger partial charge in [-0.1, -0.05) is 18.2 Å². The fourth-order valence-corrected chi connectivity index (χ4v) is 1.81. The highest BCUT2D eigenvalue weighted by molar-refractivity contribution is 5.85. The number of para-hydroxylation sites is 1. The molecule has 0 aliphatic carbocycles. The Hall–Kier alpha value is -2.24. The molecule has 0 aliphatic rings. The Morgan fingerprint density at radius 3 is 2.48 bits per heavy atom. The number of aliphatic imine (C=N–C) groups is 1. The lowest BCUT2D eigenvalue weighted by Crippen LogP contribution is -2.43. The van der Waals surface area contributed by atoms with Gasteiger partial charge in [-0.25, -0.2) is 4.99 Å². The highest BCUT2D eigenvalue weighted by atomic mass is 16.5. The van der Waals surface area contributed by atoms with Gasteiger partial charge >= 0.3 is 0 Å². The van der Waals surface area contributed by atoms with Crippen molar-refractivity contribution in [2.45, 2.75) is 33.2 Å². The van der Waals surface area contributed by atoms with E-state index in [4.69, 9.17) is 4.74 Å². The molecule has 1 amide bonds. The molecule has 0 fully saturated rings. The van der Waals surface area contributed by atoms with Crippen molar-refractivity contribution in [3.05, 3.63) is 30.3 Å². The van der Waals surface area contributed by atoms with Crippen LogP contribution in [0.25, 0.3) is 0 Å². The second-order valence-corrected chi connectivity index (χ2v) is 6.08. The largest absolute Gasteiger partial charge is 0.492 e. The van der Waals surface area contributed by atoms with Crippen molar-refractivity contribution < 1.29 is 9.53 Å². The number of ether oxygens (including phenoxy) is 1. The van der Waals surface area contributed by atoms with Gasteiger partial charge < -0.3 is 20.7 Å². The molecule has 1 aromatic carbocycles. The van der Waals surface area contributed by atoms with Crippen LogP contribution in [0, 0.1) is 0 Å². The Labute approximate surface area is 138 Å². The maximum absolute atomic E-state index is 11.8. The predicted molar refractivity (Wildman–Crippen MR) is 93.8 cm³/mol. The van der Waals surface area contributed by atoms with Crippen LogP contribution in [0.15, 0.2) is 35.3 Å². The van der Waals surface area contributed by atoms with E-state index in [1.165, 1.54) is 0 Å². The molecule has 3 N–H and O–H groups in total. The minimum absolute atomic E-state index is 0.0894. The van der Waals surface area contributed by atoms with E-state index < -0.39 is 0 Å². The number of benzene rings is 1. The molecule has 128 valence electrons. The number of hydrogen-bond acceptors (Lipinski definition) is 3. The molecule has 0 heterocycles. The molecular formula is C17H28N4O2. The third-order valence-corrected chi connectivity index (χ3v) is 2.65. The van der Waals surface area contributed by atoms with Gasteiger partial charge in [0, 0.05) is 12.1 Å². The quantitative estimate of drug-likeness (QED) is 0.405. The van der Waals surface area contributed by atoms with Gasteiger partial charge in [-0.3, -0.25) is 4.79 Å². The van der Waals surface area contributed by atoms with Crippen LogP contribution in [0.3, 0.4) is 0 Å². The summed E-state index contributed by atoms with van der Waals surface area (Å²) in [5.74, 6) is 1.34. The first kappa shape index (κ1) is 18.8. The monoisotopic (exact) mass is 320 g/mol. The number of nitrogens with zero attached hydrogens (tertiary/aromatic N) is 1. The van der Waals surface area contributed by atoms with Crippen LogP contribution in [-0.4, -0.2) is 43.6 Å². The summed E-state index contributed by atoms with van der Waals surface area (Å²) < 4.78 is 5.60. The van der Waals surface area contributed by atoms with Crippen LogP contribution in [0.5, 0.6) is 5.75 Å². The summed E-state index contributed by atoms with van der Waals surface area (Å²) in [6.45, 7) is 9.74. The standard InChI is InChI=1S/C17H28N4O2/c1-5-18-16(20-13-15(22)21-17(2,3)4)19-11-12-23-14-9-7-6-8-10-14/h6-10H,5,11-13H2,1-4H3,(H,21,22)(H2,18,19,20). The molecule has 6 nitrogen and oxygen atoms in total. The van der Waals surface area contributed by atoms with E-state index in [0.717, 1.165) is 12.3 Å². The van der Waals surface area contributed by atoms with Gasteiger partial charge in [-0.05, 0) is 39.8 Å². The smallest absolute Gasteiger partial charge is 0.242 e. The normalized spacial score (nSPS) is 11.7. The minimum Gasteiger partial charge on any atom is -0.492 e. The van der Waals surface area contributed by atoms with E-state index in [1.54, 1.807) is 0 Å². The van der Waals surface area contributed by atoms with Crippen molar-refractivity contribution in [2.24, 2.45) is 4.99 Å². The molecule has 1 rings (SSSR count). The third kappa shape index (κ3) is 9.39. The molecule has 0 atom stereocenters.